The molecule has 0 saturated carbocycles. The number of hydrogen-bond acceptors (Lipinski definition) is 6. The number of ether oxygens (including phenoxy) is 1. The molecule has 0 amide bonds. The molecule has 5 rings (SSSR count). The first-order valence-electron chi connectivity index (χ1n) is 9.84. The van der Waals surface area contributed by atoms with Crippen molar-refractivity contribution in [2.24, 2.45) is 0 Å². The van der Waals surface area contributed by atoms with Gasteiger partial charge in [0, 0.05) is 37.9 Å². The number of benzene rings is 1. The lowest BCUT2D eigenvalue weighted by atomic mass is 10.1. The highest BCUT2D eigenvalue weighted by atomic mass is 19.4. The van der Waals surface area contributed by atoms with Crippen LogP contribution in [0.4, 0.5) is 19.0 Å². The third-order valence-corrected chi connectivity index (χ3v) is 5.64. The number of nitrogens with zero attached hydrogens (tertiary/aromatic N) is 6. The highest BCUT2D eigenvalue weighted by Gasteiger charge is 2.42. The van der Waals surface area contributed by atoms with Crippen molar-refractivity contribution in [3.63, 3.8) is 0 Å². The van der Waals surface area contributed by atoms with Gasteiger partial charge < -0.3 is 9.64 Å². The van der Waals surface area contributed by atoms with Crippen LogP contribution >= 0.6 is 0 Å². The second-order valence-corrected chi connectivity index (χ2v) is 7.74. The largest absolute Gasteiger partial charge is 0.453 e. The van der Waals surface area contributed by atoms with Gasteiger partial charge in [0.15, 0.2) is 0 Å². The van der Waals surface area contributed by atoms with E-state index in [2.05, 4.69) is 32.1 Å². The second-order valence-electron chi connectivity index (χ2n) is 7.74. The molecule has 0 spiro atoms. The van der Waals surface area contributed by atoms with Gasteiger partial charge in [0.2, 0.25) is 0 Å². The molecule has 30 heavy (non-hydrogen) atoms. The number of anilines is 1. The van der Waals surface area contributed by atoms with Crippen LogP contribution in [0.3, 0.4) is 0 Å². The quantitative estimate of drug-likeness (QED) is 0.652. The summed E-state index contributed by atoms with van der Waals surface area (Å²) in [5.74, 6) is -0.673. The molecule has 2 aliphatic heterocycles. The van der Waals surface area contributed by atoms with Crippen LogP contribution in [0.1, 0.15) is 17.1 Å². The molecule has 2 saturated heterocycles. The van der Waals surface area contributed by atoms with E-state index in [9.17, 15) is 13.2 Å². The average molecular weight is 418 g/mol. The third-order valence-electron chi connectivity index (χ3n) is 5.64. The lowest BCUT2D eigenvalue weighted by molar-refractivity contribution is -0.144. The molecule has 0 N–H and O–H groups in total. The standard InChI is InChI=1S/C20H21F3N6O/c1-13-9-17(29-19(24-13)25-18(26-29)20(21,22)23)28-11-15-16(12-28)30-8-7-27(15)10-14-5-3-2-4-6-14/h2-6,9,15-16H,7-8,10-12H2,1H3. The van der Waals surface area contributed by atoms with Gasteiger partial charge in [-0.1, -0.05) is 30.3 Å². The minimum Gasteiger partial charge on any atom is -0.373 e. The molecule has 7 nitrogen and oxygen atoms in total. The maximum Gasteiger partial charge on any atom is 0.453 e. The topological polar surface area (TPSA) is 58.8 Å². The van der Waals surface area contributed by atoms with Gasteiger partial charge in [-0.3, -0.25) is 4.90 Å². The first kappa shape index (κ1) is 19.3. The van der Waals surface area contributed by atoms with Crippen molar-refractivity contribution in [1.29, 1.82) is 0 Å². The van der Waals surface area contributed by atoms with Gasteiger partial charge in [-0.25, -0.2) is 4.98 Å². The number of hydrogen-bond donors (Lipinski definition) is 0. The molecule has 0 bridgehead atoms. The Hall–Kier alpha value is -2.72. The molecule has 3 aromatic rings. The van der Waals surface area contributed by atoms with E-state index in [-0.39, 0.29) is 17.9 Å². The zero-order chi connectivity index (χ0) is 20.9. The summed E-state index contributed by atoms with van der Waals surface area (Å²) in [6.07, 6.45) is -4.63. The average Bonchev–Trinajstić information content (AvgIpc) is 3.33. The van der Waals surface area contributed by atoms with E-state index in [4.69, 9.17) is 4.74 Å². The summed E-state index contributed by atoms with van der Waals surface area (Å²) in [5.41, 5.74) is 1.82. The van der Waals surface area contributed by atoms with Crippen LogP contribution in [0.5, 0.6) is 0 Å². The minimum atomic E-state index is -4.62. The molecular weight excluding hydrogens is 397 g/mol. The van der Waals surface area contributed by atoms with Crippen molar-refractivity contribution in [2.45, 2.75) is 31.8 Å². The molecule has 2 fully saturated rings. The first-order chi connectivity index (χ1) is 14.4. The van der Waals surface area contributed by atoms with Crippen LogP contribution in [-0.4, -0.2) is 62.9 Å². The molecule has 10 heteroatoms. The fraction of sp³-hybridized carbons (Fsp3) is 0.450. The molecule has 2 atom stereocenters. The number of aromatic nitrogens is 4. The molecule has 1 aromatic carbocycles. The zero-order valence-electron chi connectivity index (χ0n) is 16.4. The Kier molecular flexibility index (Phi) is 4.62. The summed E-state index contributed by atoms with van der Waals surface area (Å²) in [4.78, 5) is 12.1. The predicted molar refractivity (Wildman–Crippen MR) is 103 cm³/mol. The Morgan fingerprint density at radius 1 is 1.13 bits per heavy atom. The zero-order valence-corrected chi connectivity index (χ0v) is 16.4. The number of halogens is 3. The molecule has 4 heterocycles. The van der Waals surface area contributed by atoms with Gasteiger partial charge in [-0.05, 0) is 12.5 Å². The monoisotopic (exact) mass is 418 g/mol. The summed E-state index contributed by atoms with van der Waals surface area (Å²) in [6, 6.07) is 12.1. The molecule has 2 aliphatic rings. The number of morpholine rings is 1. The van der Waals surface area contributed by atoms with E-state index in [0.717, 1.165) is 13.1 Å². The van der Waals surface area contributed by atoms with Gasteiger partial charge in [-0.15, -0.1) is 5.10 Å². The number of aryl methyl sites for hydroxylation is 1. The van der Waals surface area contributed by atoms with Gasteiger partial charge in [0.05, 0.1) is 18.8 Å². The lowest BCUT2D eigenvalue weighted by Crippen LogP contribution is -2.50. The smallest absolute Gasteiger partial charge is 0.373 e. The van der Waals surface area contributed by atoms with E-state index in [1.807, 2.05) is 23.1 Å². The second kappa shape index (κ2) is 7.21. The van der Waals surface area contributed by atoms with Crippen LogP contribution in [0.2, 0.25) is 0 Å². The van der Waals surface area contributed by atoms with Crippen molar-refractivity contribution in [3.05, 3.63) is 53.5 Å². The van der Waals surface area contributed by atoms with Gasteiger partial charge in [0.1, 0.15) is 5.82 Å². The molecule has 0 radical (unpaired) electrons. The molecular formula is C20H21F3N6O. The van der Waals surface area contributed by atoms with Gasteiger partial charge in [-0.2, -0.15) is 22.7 Å². The van der Waals surface area contributed by atoms with Crippen molar-refractivity contribution in [2.75, 3.05) is 31.1 Å². The minimum absolute atomic E-state index is 0.0170. The Labute approximate surface area is 171 Å². The van der Waals surface area contributed by atoms with Crippen LogP contribution < -0.4 is 4.90 Å². The van der Waals surface area contributed by atoms with Crippen molar-refractivity contribution >= 4 is 11.6 Å². The Morgan fingerprint density at radius 2 is 1.93 bits per heavy atom. The van der Waals surface area contributed by atoms with Crippen LogP contribution in [0, 0.1) is 6.92 Å². The summed E-state index contributed by atoms with van der Waals surface area (Å²) in [7, 11) is 0. The van der Waals surface area contributed by atoms with E-state index < -0.39 is 12.0 Å². The Balaban J connectivity index is 1.44. The maximum atomic E-state index is 13.1. The normalized spacial score (nSPS) is 22.6. The SMILES string of the molecule is Cc1cc(N2CC3OCCN(Cc4ccccc4)C3C2)n2nc(C(F)(F)F)nc2n1. The Bertz CT molecular complexity index is 1050. The van der Waals surface area contributed by atoms with E-state index in [1.165, 1.54) is 10.1 Å². The highest BCUT2D eigenvalue weighted by Crippen LogP contribution is 2.31. The summed E-state index contributed by atoms with van der Waals surface area (Å²) in [5, 5.41) is 3.70. The highest BCUT2D eigenvalue weighted by molar-refractivity contribution is 5.49. The predicted octanol–water partition coefficient (Wildman–Crippen LogP) is 2.54. The maximum absolute atomic E-state index is 13.1. The van der Waals surface area contributed by atoms with Gasteiger partial charge >= 0.3 is 6.18 Å². The van der Waals surface area contributed by atoms with Gasteiger partial charge in [0.25, 0.3) is 11.6 Å². The first-order valence-corrected chi connectivity index (χ1v) is 9.84. The van der Waals surface area contributed by atoms with Crippen LogP contribution in [0.15, 0.2) is 36.4 Å². The van der Waals surface area contributed by atoms with Crippen LogP contribution in [-0.2, 0) is 17.5 Å². The van der Waals surface area contributed by atoms with Crippen molar-refractivity contribution < 1.29 is 17.9 Å². The number of rotatable bonds is 3. The Morgan fingerprint density at radius 3 is 2.70 bits per heavy atom. The molecule has 0 aliphatic carbocycles. The lowest BCUT2D eigenvalue weighted by Gasteiger charge is -2.36. The van der Waals surface area contributed by atoms with Crippen molar-refractivity contribution in [3.8, 4) is 0 Å². The summed E-state index contributed by atoms with van der Waals surface area (Å²) < 4.78 is 46.6. The summed E-state index contributed by atoms with van der Waals surface area (Å²) >= 11 is 0. The fourth-order valence-corrected chi connectivity index (χ4v) is 4.27. The summed E-state index contributed by atoms with van der Waals surface area (Å²) in [6.45, 7) is 5.22. The fourth-order valence-electron chi connectivity index (χ4n) is 4.27. The molecule has 2 unspecified atom stereocenters. The number of alkyl halides is 3. The number of fused-ring (bicyclic) bond motifs is 2. The molecule has 2 aromatic heterocycles. The van der Waals surface area contributed by atoms with E-state index in [1.54, 1.807) is 13.0 Å². The van der Waals surface area contributed by atoms with Crippen LogP contribution in [0.25, 0.3) is 5.78 Å². The van der Waals surface area contributed by atoms with E-state index in [0.29, 0.717) is 31.2 Å². The third kappa shape index (κ3) is 3.50. The van der Waals surface area contributed by atoms with E-state index >= 15 is 0 Å². The van der Waals surface area contributed by atoms with Crippen molar-refractivity contribution in [1.82, 2.24) is 24.5 Å². The molecule has 158 valence electrons.